The first-order valence-corrected chi connectivity index (χ1v) is 12.9. The molecule has 0 aliphatic carbocycles. The zero-order valence-corrected chi connectivity index (χ0v) is 19.0. The van der Waals surface area contributed by atoms with Gasteiger partial charge in [0.25, 0.3) is 10.0 Å². The summed E-state index contributed by atoms with van der Waals surface area (Å²) in [7, 11) is -3.53. The van der Waals surface area contributed by atoms with Crippen LogP contribution in [0.2, 0.25) is 0 Å². The Morgan fingerprint density at radius 1 is 1.00 bits per heavy atom. The number of thiophene rings is 1. The number of anilines is 2. The van der Waals surface area contributed by atoms with Gasteiger partial charge in [0.2, 0.25) is 5.91 Å². The van der Waals surface area contributed by atoms with Crippen LogP contribution in [0.4, 0.5) is 11.4 Å². The second-order valence-corrected chi connectivity index (χ2v) is 11.6. The van der Waals surface area contributed by atoms with E-state index in [0.717, 1.165) is 23.7 Å². The van der Waals surface area contributed by atoms with Gasteiger partial charge in [-0.1, -0.05) is 0 Å². The zero-order valence-electron chi connectivity index (χ0n) is 17.3. The van der Waals surface area contributed by atoms with E-state index < -0.39 is 10.0 Å². The van der Waals surface area contributed by atoms with E-state index in [-0.39, 0.29) is 18.4 Å². The number of nitrogens with zero attached hydrogens (tertiary/aromatic N) is 2. The predicted molar refractivity (Wildman–Crippen MR) is 122 cm³/mol. The van der Waals surface area contributed by atoms with Crippen LogP contribution in [0.3, 0.4) is 0 Å². The van der Waals surface area contributed by atoms with Crippen molar-refractivity contribution in [2.24, 2.45) is 5.92 Å². The number of hydrogen-bond acceptors (Lipinski definition) is 5. The Balaban J connectivity index is 1.38. The first-order valence-electron chi connectivity index (χ1n) is 10.7. The van der Waals surface area contributed by atoms with Crippen LogP contribution in [0.15, 0.2) is 40.6 Å². The lowest BCUT2D eigenvalue weighted by Crippen LogP contribution is -2.43. The fourth-order valence-electron chi connectivity index (χ4n) is 4.20. The minimum absolute atomic E-state index is 0.108. The Labute approximate surface area is 182 Å². The molecule has 162 valence electrons. The van der Waals surface area contributed by atoms with Gasteiger partial charge in [0.15, 0.2) is 0 Å². The number of benzene rings is 1. The molecule has 0 bridgehead atoms. The van der Waals surface area contributed by atoms with Crippen molar-refractivity contribution in [1.82, 2.24) is 4.31 Å². The maximum absolute atomic E-state index is 12.9. The normalized spacial score (nSPS) is 20.8. The van der Waals surface area contributed by atoms with E-state index in [4.69, 9.17) is 0 Å². The molecule has 1 N–H and O–H groups in total. The summed E-state index contributed by atoms with van der Waals surface area (Å²) in [6.07, 6.45) is 5.14. The smallest absolute Gasteiger partial charge is 0.252 e. The summed E-state index contributed by atoms with van der Waals surface area (Å²) in [6, 6.07) is 11.5. The minimum atomic E-state index is -3.53. The molecule has 2 fully saturated rings. The van der Waals surface area contributed by atoms with Crippen LogP contribution in [0.1, 0.15) is 37.0 Å². The highest BCUT2D eigenvalue weighted by molar-refractivity contribution is 7.91. The van der Waals surface area contributed by atoms with E-state index >= 15 is 0 Å². The van der Waals surface area contributed by atoms with Crippen LogP contribution in [-0.2, 0) is 14.8 Å². The topological polar surface area (TPSA) is 69.7 Å². The molecule has 8 heteroatoms. The van der Waals surface area contributed by atoms with Crippen LogP contribution >= 0.6 is 11.3 Å². The average Bonchev–Trinajstić information content (AvgIpc) is 3.22. The van der Waals surface area contributed by atoms with Gasteiger partial charge >= 0.3 is 0 Å². The van der Waals surface area contributed by atoms with Crippen molar-refractivity contribution in [2.45, 2.75) is 43.2 Å². The SMILES string of the molecule is Cc1ccc(S(=O)(=O)N2CCC[C@H](C(=O)Nc3ccc(N4CCCCC4)cc3)C2)s1. The van der Waals surface area contributed by atoms with E-state index in [2.05, 4.69) is 22.3 Å². The van der Waals surface area contributed by atoms with Gasteiger partial charge in [-0.2, -0.15) is 4.31 Å². The van der Waals surface area contributed by atoms with Crippen LogP contribution in [0.25, 0.3) is 0 Å². The summed E-state index contributed by atoms with van der Waals surface area (Å²) in [6.45, 7) is 4.76. The van der Waals surface area contributed by atoms with E-state index in [1.54, 1.807) is 6.07 Å². The van der Waals surface area contributed by atoms with Gasteiger partial charge in [-0.3, -0.25) is 4.79 Å². The number of hydrogen-bond donors (Lipinski definition) is 1. The highest BCUT2D eigenvalue weighted by Gasteiger charge is 2.34. The fraction of sp³-hybridized carbons (Fsp3) is 0.500. The molecule has 1 atom stereocenters. The highest BCUT2D eigenvalue weighted by Crippen LogP contribution is 2.29. The van der Waals surface area contributed by atoms with Crippen molar-refractivity contribution in [3.63, 3.8) is 0 Å². The molecule has 2 aromatic rings. The fourth-order valence-corrected chi connectivity index (χ4v) is 7.17. The lowest BCUT2D eigenvalue weighted by atomic mass is 9.98. The largest absolute Gasteiger partial charge is 0.372 e. The van der Waals surface area contributed by atoms with Gasteiger partial charge in [-0.25, -0.2) is 8.42 Å². The molecule has 6 nitrogen and oxygen atoms in total. The maximum Gasteiger partial charge on any atom is 0.252 e. The van der Waals surface area contributed by atoms with Crippen LogP contribution in [-0.4, -0.2) is 44.8 Å². The molecule has 0 radical (unpaired) electrons. The van der Waals surface area contributed by atoms with Gasteiger partial charge in [0.1, 0.15) is 4.21 Å². The number of sulfonamides is 1. The molecule has 4 rings (SSSR count). The number of piperidine rings is 2. The molecular weight excluding hydrogens is 418 g/mol. The molecule has 0 spiro atoms. The third kappa shape index (κ3) is 4.71. The molecule has 1 aromatic carbocycles. The molecule has 1 aromatic heterocycles. The zero-order chi connectivity index (χ0) is 21.1. The molecule has 0 saturated carbocycles. The van der Waals surface area contributed by atoms with E-state index in [1.165, 1.54) is 40.6 Å². The van der Waals surface area contributed by atoms with Gasteiger partial charge in [0.05, 0.1) is 5.92 Å². The third-order valence-corrected chi connectivity index (χ3v) is 9.25. The van der Waals surface area contributed by atoms with Gasteiger partial charge < -0.3 is 10.2 Å². The minimum Gasteiger partial charge on any atom is -0.372 e. The first-order chi connectivity index (χ1) is 14.4. The third-order valence-electron chi connectivity index (χ3n) is 5.92. The lowest BCUT2D eigenvalue weighted by molar-refractivity contribution is -0.120. The molecule has 30 heavy (non-hydrogen) atoms. The van der Waals surface area contributed by atoms with E-state index in [1.807, 2.05) is 25.1 Å². The van der Waals surface area contributed by atoms with Crippen molar-refractivity contribution in [2.75, 3.05) is 36.4 Å². The van der Waals surface area contributed by atoms with Gasteiger partial charge in [0, 0.05) is 42.4 Å². The highest BCUT2D eigenvalue weighted by atomic mass is 32.2. The number of nitrogens with one attached hydrogen (secondary N) is 1. The predicted octanol–water partition coefficient (Wildman–Crippen LogP) is 4.09. The average molecular weight is 448 g/mol. The maximum atomic E-state index is 12.9. The number of aryl methyl sites for hydroxylation is 1. The monoisotopic (exact) mass is 447 g/mol. The molecule has 2 aliphatic heterocycles. The van der Waals surface area contributed by atoms with Crippen molar-refractivity contribution in [1.29, 1.82) is 0 Å². The van der Waals surface area contributed by atoms with Crippen molar-refractivity contribution in [3.8, 4) is 0 Å². The number of carbonyl (C=O) groups is 1. The van der Waals surface area contributed by atoms with Crippen LogP contribution < -0.4 is 10.2 Å². The summed E-state index contributed by atoms with van der Waals surface area (Å²) >= 11 is 1.28. The van der Waals surface area contributed by atoms with Crippen molar-refractivity contribution < 1.29 is 13.2 Å². The van der Waals surface area contributed by atoms with Gasteiger partial charge in [-0.05, 0) is 75.4 Å². The molecule has 3 heterocycles. The quantitative estimate of drug-likeness (QED) is 0.750. The van der Waals surface area contributed by atoms with Crippen LogP contribution in [0.5, 0.6) is 0 Å². The second-order valence-electron chi connectivity index (χ2n) is 8.15. The Kier molecular flexibility index (Phi) is 6.46. The summed E-state index contributed by atoms with van der Waals surface area (Å²) in [5.74, 6) is -0.445. The molecule has 0 unspecified atom stereocenters. The molecule has 1 amide bonds. The first kappa shape index (κ1) is 21.3. The summed E-state index contributed by atoms with van der Waals surface area (Å²) in [5.41, 5.74) is 1.95. The molecular formula is C22H29N3O3S2. The summed E-state index contributed by atoms with van der Waals surface area (Å²) < 4.78 is 27.6. The second kappa shape index (κ2) is 9.08. The molecule has 2 saturated heterocycles. The Morgan fingerprint density at radius 3 is 2.40 bits per heavy atom. The Bertz CT molecular complexity index is 979. The van der Waals surface area contributed by atoms with Gasteiger partial charge in [-0.15, -0.1) is 11.3 Å². The number of rotatable bonds is 5. The van der Waals surface area contributed by atoms with Crippen molar-refractivity contribution >= 4 is 38.6 Å². The summed E-state index contributed by atoms with van der Waals surface area (Å²) in [4.78, 5) is 16.2. The lowest BCUT2D eigenvalue weighted by Gasteiger charge is -2.31. The Morgan fingerprint density at radius 2 is 1.73 bits per heavy atom. The van der Waals surface area contributed by atoms with Crippen LogP contribution in [0, 0.1) is 12.8 Å². The Hall–Kier alpha value is -1.90. The molecule has 2 aliphatic rings. The van der Waals surface area contributed by atoms with Crippen molar-refractivity contribution in [3.05, 3.63) is 41.3 Å². The van der Waals surface area contributed by atoms with E-state index in [9.17, 15) is 13.2 Å². The number of carbonyl (C=O) groups excluding carboxylic acids is 1. The number of amides is 1. The standard InChI is InChI=1S/C22H29N3O3S2/c1-17-7-12-21(29-17)30(27,28)25-15-5-6-18(16-25)22(26)23-19-8-10-20(11-9-19)24-13-3-2-4-14-24/h7-12,18H,2-6,13-16H2,1H3,(H,23,26)/t18-/m0/s1. The van der Waals surface area contributed by atoms with E-state index in [0.29, 0.717) is 23.6 Å². The summed E-state index contributed by atoms with van der Waals surface area (Å²) in [5, 5.41) is 2.98.